The number of hydrogen-bond donors (Lipinski definition) is 0. The van der Waals surface area contributed by atoms with Crippen LogP contribution in [0.5, 0.6) is 0 Å². The molecule has 0 aliphatic carbocycles. The molecule has 0 atom stereocenters. The third kappa shape index (κ3) is 2.42. The molecule has 18 heavy (non-hydrogen) atoms. The maximum atomic E-state index is 13.7. The predicted octanol–water partition coefficient (Wildman–Crippen LogP) is 4.76. The molecule has 0 aromatic heterocycles. The smallest absolute Gasteiger partial charge is 0.133 e. The Morgan fingerprint density at radius 1 is 0.833 bits per heavy atom. The maximum absolute atomic E-state index is 13.7. The van der Waals surface area contributed by atoms with Gasteiger partial charge in [0.1, 0.15) is 11.6 Å². The highest BCUT2D eigenvalue weighted by molar-refractivity contribution is 5.65. The lowest BCUT2D eigenvalue weighted by molar-refractivity contribution is 0.585. The predicted molar refractivity (Wildman–Crippen MR) is 70.6 cm³/mol. The standard InChI is InChI=1S/C16H16F2/c1-3-11-5-6-13(9-12(11)4-2)15-8-7-14(17)10-16(15)18/h5-10H,3-4H2,1-2H3. The highest BCUT2D eigenvalue weighted by Gasteiger charge is 2.08. The molecule has 0 saturated carbocycles. The molecule has 0 fully saturated rings. The van der Waals surface area contributed by atoms with E-state index in [0.717, 1.165) is 24.5 Å². The summed E-state index contributed by atoms with van der Waals surface area (Å²) in [7, 11) is 0. The molecule has 0 aliphatic rings. The normalized spacial score (nSPS) is 10.7. The third-order valence-electron chi connectivity index (χ3n) is 3.21. The van der Waals surface area contributed by atoms with Crippen molar-refractivity contribution in [2.75, 3.05) is 0 Å². The van der Waals surface area contributed by atoms with Crippen molar-refractivity contribution >= 4 is 0 Å². The van der Waals surface area contributed by atoms with Gasteiger partial charge >= 0.3 is 0 Å². The largest absolute Gasteiger partial charge is 0.207 e. The van der Waals surface area contributed by atoms with E-state index in [1.165, 1.54) is 23.3 Å². The summed E-state index contributed by atoms with van der Waals surface area (Å²) >= 11 is 0. The molecule has 0 N–H and O–H groups in total. The minimum absolute atomic E-state index is 0.453. The molecule has 0 amide bonds. The van der Waals surface area contributed by atoms with E-state index >= 15 is 0 Å². The van der Waals surface area contributed by atoms with Gasteiger partial charge in [0.05, 0.1) is 0 Å². The lowest BCUT2D eigenvalue weighted by atomic mass is 9.96. The first-order chi connectivity index (χ1) is 8.65. The van der Waals surface area contributed by atoms with Crippen molar-refractivity contribution < 1.29 is 8.78 Å². The van der Waals surface area contributed by atoms with E-state index in [4.69, 9.17) is 0 Å². The van der Waals surface area contributed by atoms with Crippen molar-refractivity contribution in [2.45, 2.75) is 26.7 Å². The van der Waals surface area contributed by atoms with Crippen molar-refractivity contribution in [3.8, 4) is 11.1 Å². The van der Waals surface area contributed by atoms with Gasteiger partial charge in [-0.05, 0) is 41.7 Å². The van der Waals surface area contributed by atoms with E-state index in [0.29, 0.717) is 5.56 Å². The summed E-state index contributed by atoms with van der Waals surface area (Å²) in [5, 5.41) is 0. The van der Waals surface area contributed by atoms with Crippen molar-refractivity contribution in [1.29, 1.82) is 0 Å². The van der Waals surface area contributed by atoms with Crippen LogP contribution in [-0.4, -0.2) is 0 Å². The fourth-order valence-electron chi connectivity index (χ4n) is 2.19. The Labute approximate surface area is 106 Å². The van der Waals surface area contributed by atoms with Crippen LogP contribution < -0.4 is 0 Å². The highest BCUT2D eigenvalue weighted by atomic mass is 19.1. The Bertz CT molecular complexity index is 559. The van der Waals surface area contributed by atoms with E-state index in [1.54, 1.807) is 0 Å². The summed E-state index contributed by atoms with van der Waals surface area (Å²) in [6, 6.07) is 9.62. The maximum Gasteiger partial charge on any atom is 0.133 e. The third-order valence-corrected chi connectivity index (χ3v) is 3.21. The monoisotopic (exact) mass is 246 g/mol. The molecular weight excluding hydrogens is 230 g/mol. The first-order valence-corrected chi connectivity index (χ1v) is 6.23. The van der Waals surface area contributed by atoms with Crippen LogP contribution in [0.4, 0.5) is 8.78 Å². The summed E-state index contributed by atoms with van der Waals surface area (Å²) in [6.07, 6.45) is 1.88. The zero-order chi connectivity index (χ0) is 13.1. The van der Waals surface area contributed by atoms with Gasteiger partial charge in [-0.15, -0.1) is 0 Å². The van der Waals surface area contributed by atoms with E-state index < -0.39 is 11.6 Å². The minimum Gasteiger partial charge on any atom is -0.207 e. The molecule has 0 aliphatic heterocycles. The fraction of sp³-hybridized carbons (Fsp3) is 0.250. The second kappa shape index (κ2) is 5.30. The molecule has 0 radical (unpaired) electrons. The summed E-state index contributed by atoms with van der Waals surface area (Å²) in [5.41, 5.74) is 3.76. The van der Waals surface area contributed by atoms with Gasteiger partial charge in [-0.2, -0.15) is 0 Å². The Morgan fingerprint density at radius 2 is 1.56 bits per heavy atom. The zero-order valence-corrected chi connectivity index (χ0v) is 10.6. The number of halogens is 2. The van der Waals surface area contributed by atoms with Crippen LogP contribution in [0.25, 0.3) is 11.1 Å². The number of aryl methyl sites for hydroxylation is 2. The van der Waals surface area contributed by atoms with Crippen molar-refractivity contribution in [2.24, 2.45) is 0 Å². The summed E-state index contributed by atoms with van der Waals surface area (Å²) in [4.78, 5) is 0. The molecule has 0 spiro atoms. The molecule has 2 rings (SSSR count). The van der Waals surface area contributed by atoms with Crippen LogP contribution >= 0.6 is 0 Å². The molecule has 2 aromatic rings. The van der Waals surface area contributed by atoms with E-state index in [-0.39, 0.29) is 0 Å². The lowest BCUT2D eigenvalue weighted by Crippen LogP contribution is -1.93. The van der Waals surface area contributed by atoms with E-state index in [1.807, 2.05) is 18.2 Å². The van der Waals surface area contributed by atoms with Gasteiger partial charge in [0.2, 0.25) is 0 Å². The van der Waals surface area contributed by atoms with Gasteiger partial charge in [-0.3, -0.25) is 0 Å². The van der Waals surface area contributed by atoms with Crippen LogP contribution in [0.3, 0.4) is 0 Å². The summed E-state index contributed by atoms with van der Waals surface area (Å²) in [5.74, 6) is -1.06. The van der Waals surface area contributed by atoms with Gasteiger partial charge in [0, 0.05) is 11.6 Å². The molecule has 0 bridgehead atoms. The molecule has 0 saturated heterocycles. The molecule has 2 aromatic carbocycles. The second-order valence-corrected chi connectivity index (χ2v) is 4.31. The van der Waals surface area contributed by atoms with Crippen molar-refractivity contribution in [3.05, 3.63) is 59.2 Å². The van der Waals surface area contributed by atoms with Crippen molar-refractivity contribution in [1.82, 2.24) is 0 Å². The Hall–Kier alpha value is -1.70. The van der Waals surface area contributed by atoms with Gasteiger partial charge in [0.25, 0.3) is 0 Å². The topological polar surface area (TPSA) is 0 Å². The van der Waals surface area contributed by atoms with Crippen LogP contribution in [0.15, 0.2) is 36.4 Å². The van der Waals surface area contributed by atoms with Crippen LogP contribution in [0.1, 0.15) is 25.0 Å². The summed E-state index contributed by atoms with van der Waals surface area (Å²) in [6.45, 7) is 4.19. The number of benzene rings is 2. The SMILES string of the molecule is CCc1ccc(-c2ccc(F)cc2F)cc1CC. The zero-order valence-electron chi connectivity index (χ0n) is 10.6. The molecule has 0 unspecified atom stereocenters. The van der Waals surface area contributed by atoms with Gasteiger partial charge < -0.3 is 0 Å². The number of rotatable bonds is 3. The van der Waals surface area contributed by atoms with Gasteiger partial charge in [-0.1, -0.05) is 32.0 Å². The average molecular weight is 246 g/mol. The molecular formula is C16H16F2. The van der Waals surface area contributed by atoms with Gasteiger partial charge in [0.15, 0.2) is 0 Å². The Morgan fingerprint density at radius 3 is 2.17 bits per heavy atom. The van der Waals surface area contributed by atoms with Gasteiger partial charge in [-0.25, -0.2) is 8.78 Å². The van der Waals surface area contributed by atoms with Crippen LogP contribution in [-0.2, 0) is 12.8 Å². The molecule has 0 nitrogen and oxygen atoms in total. The van der Waals surface area contributed by atoms with Crippen LogP contribution in [0, 0.1) is 11.6 Å². The van der Waals surface area contributed by atoms with Crippen LogP contribution in [0.2, 0.25) is 0 Å². The first-order valence-electron chi connectivity index (χ1n) is 6.23. The molecule has 0 heterocycles. The Balaban J connectivity index is 2.51. The minimum atomic E-state index is -0.544. The lowest BCUT2D eigenvalue weighted by Gasteiger charge is -2.10. The number of hydrogen-bond acceptors (Lipinski definition) is 0. The second-order valence-electron chi connectivity index (χ2n) is 4.31. The first kappa shape index (κ1) is 12.7. The van der Waals surface area contributed by atoms with E-state index in [9.17, 15) is 8.78 Å². The highest BCUT2D eigenvalue weighted by Crippen LogP contribution is 2.26. The molecule has 94 valence electrons. The molecule has 2 heteroatoms. The Kier molecular flexibility index (Phi) is 3.75. The summed E-state index contributed by atoms with van der Waals surface area (Å²) < 4.78 is 26.6. The van der Waals surface area contributed by atoms with E-state index in [2.05, 4.69) is 13.8 Å². The van der Waals surface area contributed by atoms with Crippen molar-refractivity contribution in [3.63, 3.8) is 0 Å². The quantitative estimate of drug-likeness (QED) is 0.732. The average Bonchev–Trinajstić information content (AvgIpc) is 2.38. The fourth-order valence-corrected chi connectivity index (χ4v) is 2.19.